The van der Waals surface area contributed by atoms with Crippen LogP contribution in [0, 0.1) is 0 Å². The fraction of sp³-hybridized carbons (Fsp3) is 0.333. The van der Waals surface area contributed by atoms with Gasteiger partial charge in [-0.15, -0.1) is 0 Å². The summed E-state index contributed by atoms with van der Waals surface area (Å²) in [5.74, 6) is 1.45. The fourth-order valence-electron chi connectivity index (χ4n) is 8.72. The molecule has 338 valence electrons. The standard InChI is InChI=1S/C54H66O8Si2/c1-53(2,3)63(45-21-13-9-14-22-45,46-23-15-10-16-24-46)61-39-49(59-37-41-29-33-43(57-7)34-30-41)51(55)52(56)50(60-38-42-31-35-44(58-8)36-32-42)40-62-64(54(4,5)6,47-25-17-11-18-26-47)48-27-19-12-20-28-48/h9-36,49-52,55-56H,37-40H2,1-8H3/t49-,50-,51-,52-/m1/s1. The van der Waals surface area contributed by atoms with Crippen molar-refractivity contribution in [3.05, 3.63) is 181 Å². The molecule has 8 nitrogen and oxygen atoms in total. The molecule has 0 aromatic heterocycles. The summed E-state index contributed by atoms with van der Waals surface area (Å²) in [6.45, 7) is 13.5. The molecule has 0 fully saturated rings. The molecule has 2 N–H and O–H groups in total. The maximum Gasteiger partial charge on any atom is 0.261 e. The maximum absolute atomic E-state index is 12.6. The summed E-state index contributed by atoms with van der Waals surface area (Å²) in [5, 5.41) is 29.0. The van der Waals surface area contributed by atoms with Crippen molar-refractivity contribution >= 4 is 37.4 Å². The van der Waals surface area contributed by atoms with Gasteiger partial charge in [0, 0.05) is 0 Å². The normalized spacial score (nSPS) is 14.3. The summed E-state index contributed by atoms with van der Waals surface area (Å²) in [5.41, 5.74) is 1.75. The number of ether oxygens (including phenoxy) is 4. The molecule has 0 unspecified atom stereocenters. The number of hydrogen-bond donors (Lipinski definition) is 2. The first kappa shape index (κ1) is 48.6. The Hall–Kier alpha value is -4.89. The molecular weight excluding hydrogens is 833 g/mol. The number of rotatable bonds is 21. The summed E-state index contributed by atoms with van der Waals surface area (Å²) in [7, 11) is -2.93. The van der Waals surface area contributed by atoms with Crippen molar-refractivity contribution in [3.8, 4) is 11.5 Å². The lowest BCUT2D eigenvalue weighted by molar-refractivity contribution is -0.157. The van der Waals surface area contributed by atoms with Crippen LogP contribution in [0.1, 0.15) is 52.7 Å². The van der Waals surface area contributed by atoms with Crippen LogP contribution < -0.4 is 30.2 Å². The lowest BCUT2D eigenvalue weighted by atomic mass is 10.0. The van der Waals surface area contributed by atoms with Crippen molar-refractivity contribution in [1.82, 2.24) is 0 Å². The SMILES string of the molecule is COc1ccc(CO[C@H](CO[Si](c2ccccc2)(c2ccccc2)C(C)(C)C)[C@@H](O)[C@H](O)[C@@H](CO[Si](c2ccccc2)(c2ccccc2)C(C)(C)C)OCc2ccc(OC)cc2)cc1. The van der Waals surface area contributed by atoms with Gasteiger partial charge in [0.2, 0.25) is 0 Å². The second kappa shape index (κ2) is 21.9. The van der Waals surface area contributed by atoms with Gasteiger partial charge in [-0.2, -0.15) is 0 Å². The van der Waals surface area contributed by atoms with E-state index in [9.17, 15) is 10.2 Å². The molecule has 0 spiro atoms. The molecule has 6 aromatic carbocycles. The number of methoxy groups -OCH3 is 2. The van der Waals surface area contributed by atoms with E-state index >= 15 is 0 Å². The molecule has 0 aliphatic carbocycles. The molecular formula is C54H66O8Si2. The van der Waals surface area contributed by atoms with E-state index in [1.54, 1.807) is 14.2 Å². The molecule has 10 heteroatoms. The van der Waals surface area contributed by atoms with Gasteiger partial charge in [0.15, 0.2) is 0 Å². The molecule has 6 rings (SSSR count). The van der Waals surface area contributed by atoms with Crippen LogP contribution in [0.2, 0.25) is 10.1 Å². The van der Waals surface area contributed by atoms with Crippen LogP contribution in [0.3, 0.4) is 0 Å². The highest BCUT2D eigenvalue weighted by Crippen LogP contribution is 2.39. The quantitative estimate of drug-likeness (QED) is 0.0702. The van der Waals surface area contributed by atoms with Gasteiger partial charge in [0.1, 0.15) is 35.9 Å². The molecule has 0 saturated heterocycles. The lowest BCUT2D eigenvalue weighted by Crippen LogP contribution is -2.68. The van der Waals surface area contributed by atoms with Gasteiger partial charge < -0.3 is 38.0 Å². The zero-order valence-corrected chi connectivity index (χ0v) is 40.6. The third kappa shape index (κ3) is 11.1. The van der Waals surface area contributed by atoms with Crippen LogP contribution >= 0.6 is 0 Å². The topological polar surface area (TPSA) is 95.8 Å². The van der Waals surface area contributed by atoms with Crippen molar-refractivity contribution < 1.29 is 38.0 Å². The smallest absolute Gasteiger partial charge is 0.261 e. The van der Waals surface area contributed by atoms with E-state index in [-0.39, 0.29) is 36.5 Å². The first-order valence-electron chi connectivity index (χ1n) is 22.1. The highest BCUT2D eigenvalue weighted by Gasteiger charge is 2.52. The van der Waals surface area contributed by atoms with Crippen LogP contribution in [0.15, 0.2) is 170 Å². The maximum atomic E-state index is 12.6. The van der Waals surface area contributed by atoms with E-state index < -0.39 is 41.1 Å². The first-order valence-corrected chi connectivity index (χ1v) is 25.9. The van der Waals surface area contributed by atoms with Crippen molar-refractivity contribution in [2.75, 3.05) is 27.4 Å². The van der Waals surface area contributed by atoms with Gasteiger partial charge in [-0.05, 0) is 66.2 Å². The third-order valence-electron chi connectivity index (χ3n) is 12.1. The predicted octanol–water partition coefficient (Wildman–Crippen LogP) is 8.05. The highest BCUT2D eigenvalue weighted by atomic mass is 28.4. The summed E-state index contributed by atoms with van der Waals surface area (Å²) < 4.78 is 39.0. The second-order valence-corrected chi connectivity index (χ2v) is 26.9. The average molecular weight is 899 g/mol. The molecule has 0 heterocycles. The highest BCUT2D eigenvalue weighted by molar-refractivity contribution is 7.00. The van der Waals surface area contributed by atoms with E-state index in [0.717, 1.165) is 43.4 Å². The zero-order valence-electron chi connectivity index (χ0n) is 38.6. The zero-order chi connectivity index (χ0) is 45.8. The third-order valence-corrected chi connectivity index (χ3v) is 22.1. The Labute approximate surface area is 383 Å². The van der Waals surface area contributed by atoms with E-state index in [2.05, 4.69) is 90.1 Å². The van der Waals surface area contributed by atoms with Crippen LogP contribution in [0.5, 0.6) is 11.5 Å². The van der Waals surface area contributed by atoms with E-state index in [1.807, 2.05) is 121 Å². The van der Waals surface area contributed by atoms with Gasteiger partial charge in [-0.3, -0.25) is 0 Å². The van der Waals surface area contributed by atoms with Crippen molar-refractivity contribution in [2.24, 2.45) is 0 Å². The summed E-state index contributed by atoms with van der Waals surface area (Å²) in [4.78, 5) is 0. The summed E-state index contributed by atoms with van der Waals surface area (Å²) >= 11 is 0. The number of benzene rings is 6. The number of hydrogen-bond acceptors (Lipinski definition) is 8. The van der Waals surface area contributed by atoms with Crippen molar-refractivity contribution in [3.63, 3.8) is 0 Å². The van der Waals surface area contributed by atoms with E-state index in [4.69, 9.17) is 27.8 Å². The predicted molar refractivity (Wildman–Crippen MR) is 262 cm³/mol. The fourth-order valence-corrected chi connectivity index (χ4v) is 17.9. The Bertz CT molecular complexity index is 2020. The van der Waals surface area contributed by atoms with Gasteiger partial charge >= 0.3 is 0 Å². The summed E-state index contributed by atoms with van der Waals surface area (Å²) in [6, 6.07) is 56.7. The molecule has 6 aromatic rings. The molecule has 0 bridgehead atoms. The number of aliphatic hydroxyl groups is 2. The summed E-state index contributed by atoms with van der Waals surface area (Å²) in [6.07, 6.45) is -4.89. The van der Waals surface area contributed by atoms with Crippen LogP contribution in [0.4, 0.5) is 0 Å². The monoisotopic (exact) mass is 898 g/mol. The van der Waals surface area contributed by atoms with Gasteiger partial charge in [-0.25, -0.2) is 0 Å². The van der Waals surface area contributed by atoms with Crippen molar-refractivity contribution in [1.29, 1.82) is 0 Å². The molecule has 0 aliphatic rings. The Morgan fingerprint density at radius 3 is 0.906 bits per heavy atom. The van der Waals surface area contributed by atoms with Crippen LogP contribution in [-0.4, -0.2) is 78.7 Å². The Morgan fingerprint density at radius 1 is 0.406 bits per heavy atom. The van der Waals surface area contributed by atoms with Gasteiger partial charge in [0.05, 0.1) is 40.6 Å². The minimum absolute atomic E-state index is 0.0115. The van der Waals surface area contributed by atoms with Crippen molar-refractivity contribution in [2.45, 2.75) is 89.2 Å². The minimum Gasteiger partial charge on any atom is -0.497 e. The first-order chi connectivity index (χ1) is 30.7. The largest absolute Gasteiger partial charge is 0.497 e. The minimum atomic E-state index is -3.09. The molecule has 0 aliphatic heterocycles. The Morgan fingerprint density at radius 2 is 0.672 bits per heavy atom. The molecule has 64 heavy (non-hydrogen) atoms. The van der Waals surface area contributed by atoms with Crippen LogP contribution in [-0.2, 0) is 31.5 Å². The Balaban J connectivity index is 1.40. The molecule has 4 atom stereocenters. The molecule has 0 radical (unpaired) electrons. The van der Waals surface area contributed by atoms with E-state index in [1.165, 1.54) is 0 Å². The van der Waals surface area contributed by atoms with Gasteiger partial charge in [0.25, 0.3) is 16.6 Å². The molecule has 0 amide bonds. The number of aliphatic hydroxyl groups excluding tert-OH is 2. The Kier molecular flexibility index (Phi) is 16.6. The van der Waals surface area contributed by atoms with Gasteiger partial charge in [-0.1, -0.05) is 187 Å². The second-order valence-electron chi connectivity index (χ2n) is 18.3. The lowest BCUT2D eigenvalue weighted by Gasteiger charge is -2.45. The average Bonchev–Trinajstić information content (AvgIpc) is 3.31. The van der Waals surface area contributed by atoms with E-state index in [0.29, 0.717) is 0 Å². The van der Waals surface area contributed by atoms with Crippen LogP contribution in [0.25, 0.3) is 0 Å². The molecule has 0 saturated carbocycles.